The molecule has 4 heterocycles. The summed E-state index contributed by atoms with van der Waals surface area (Å²) in [5.41, 5.74) is 3.16. The molecule has 0 spiro atoms. The summed E-state index contributed by atoms with van der Waals surface area (Å²) in [6.07, 6.45) is 10.2. The zero-order valence-corrected chi connectivity index (χ0v) is 16.0. The number of carbonyl (C=O) groups is 1. The topological polar surface area (TPSA) is 66.6 Å². The van der Waals surface area contributed by atoms with Gasteiger partial charge in [-0.25, -0.2) is 9.97 Å². The quantitative estimate of drug-likeness (QED) is 0.715. The molecule has 1 aliphatic heterocycles. The molecule has 0 aliphatic carbocycles. The van der Waals surface area contributed by atoms with Crippen molar-refractivity contribution in [3.8, 4) is 0 Å². The van der Waals surface area contributed by atoms with Gasteiger partial charge in [-0.3, -0.25) is 9.78 Å². The summed E-state index contributed by atoms with van der Waals surface area (Å²) in [5.74, 6) is 0.832. The summed E-state index contributed by atoms with van der Waals surface area (Å²) in [7, 11) is 3.98. The number of piperidine rings is 1. The summed E-state index contributed by atoms with van der Waals surface area (Å²) in [5, 5.41) is 0. The van der Waals surface area contributed by atoms with Crippen molar-refractivity contribution in [3.63, 3.8) is 0 Å². The maximum atomic E-state index is 13.1. The standard InChI is InChI=1S/C20H24N6O/c1-14-11-22-15(12-21-14)20(27)26-10-5-4-7-17(26)16-13-25-9-6-8-18(25)19(23-16)24(2)3/h6,8-9,11-13,17H,4-5,7,10H2,1-3H3. The predicted octanol–water partition coefficient (Wildman–Crippen LogP) is 2.87. The zero-order valence-electron chi connectivity index (χ0n) is 16.0. The molecule has 1 aliphatic rings. The molecule has 1 amide bonds. The van der Waals surface area contributed by atoms with E-state index in [1.54, 1.807) is 12.4 Å². The van der Waals surface area contributed by atoms with E-state index in [4.69, 9.17) is 4.98 Å². The number of hydrogen-bond donors (Lipinski definition) is 0. The Hall–Kier alpha value is -2.96. The fourth-order valence-electron chi connectivity index (χ4n) is 3.67. The van der Waals surface area contributed by atoms with Crippen LogP contribution in [0.5, 0.6) is 0 Å². The molecule has 140 valence electrons. The van der Waals surface area contributed by atoms with Gasteiger partial charge in [0.25, 0.3) is 5.91 Å². The minimum Gasteiger partial charge on any atom is -0.361 e. The average molecular weight is 364 g/mol. The fourth-order valence-corrected chi connectivity index (χ4v) is 3.67. The van der Waals surface area contributed by atoms with E-state index in [9.17, 15) is 4.79 Å². The molecule has 3 aromatic heterocycles. The van der Waals surface area contributed by atoms with E-state index in [0.717, 1.165) is 42.0 Å². The van der Waals surface area contributed by atoms with Crippen molar-refractivity contribution in [3.05, 3.63) is 54.0 Å². The van der Waals surface area contributed by atoms with Crippen LogP contribution in [-0.2, 0) is 0 Å². The van der Waals surface area contributed by atoms with Gasteiger partial charge >= 0.3 is 0 Å². The van der Waals surface area contributed by atoms with Crippen LogP contribution < -0.4 is 4.90 Å². The molecule has 1 saturated heterocycles. The van der Waals surface area contributed by atoms with Crippen molar-refractivity contribution in [2.75, 3.05) is 25.5 Å². The number of hydrogen-bond acceptors (Lipinski definition) is 5. The smallest absolute Gasteiger partial charge is 0.274 e. The lowest BCUT2D eigenvalue weighted by Crippen LogP contribution is -2.39. The third-order valence-corrected chi connectivity index (χ3v) is 5.04. The molecule has 0 bridgehead atoms. The first-order valence-corrected chi connectivity index (χ1v) is 9.29. The molecule has 4 rings (SSSR count). The van der Waals surface area contributed by atoms with Crippen molar-refractivity contribution in [2.24, 2.45) is 0 Å². The van der Waals surface area contributed by atoms with Crippen LogP contribution in [0.25, 0.3) is 5.52 Å². The van der Waals surface area contributed by atoms with Gasteiger partial charge in [0, 0.05) is 39.2 Å². The second-order valence-corrected chi connectivity index (χ2v) is 7.24. The van der Waals surface area contributed by atoms with Gasteiger partial charge < -0.3 is 14.2 Å². The normalized spacial score (nSPS) is 17.3. The lowest BCUT2D eigenvalue weighted by atomic mass is 9.99. The number of fused-ring (bicyclic) bond motifs is 1. The first-order valence-electron chi connectivity index (χ1n) is 9.29. The zero-order chi connectivity index (χ0) is 19.0. The maximum absolute atomic E-state index is 13.1. The molecule has 7 heteroatoms. The highest BCUT2D eigenvalue weighted by Crippen LogP contribution is 2.32. The molecule has 1 fully saturated rings. The highest BCUT2D eigenvalue weighted by molar-refractivity contribution is 5.92. The number of amides is 1. The van der Waals surface area contributed by atoms with Crippen LogP contribution >= 0.6 is 0 Å². The third-order valence-electron chi connectivity index (χ3n) is 5.04. The van der Waals surface area contributed by atoms with Crippen LogP contribution in [0.1, 0.15) is 47.2 Å². The first kappa shape index (κ1) is 17.5. The average Bonchev–Trinajstić information content (AvgIpc) is 3.15. The molecule has 0 N–H and O–H groups in total. The Kier molecular flexibility index (Phi) is 4.51. The molecular formula is C20H24N6O. The molecule has 0 radical (unpaired) electrons. The second kappa shape index (κ2) is 6.98. The molecular weight excluding hydrogens is 340 g/mol. The highest BCUT2D eigenvalue weighted by atomic mass is 16.2. The SMILES string of the molecule is Cc1cnc(C(=O)N2CCCCC2c2cn3cccc3c(N(C)C)n2)cn1. The van der Waals surface area contributed by atoms with Gasteiger partial charge in [0.15, 0.2) is 5.82 Å². The summed E-state index contributed by atoms with van der Waals surface area (Å²) in [6.45, 7) is 2.58. The van der Waals surface area contributed by atoms with Gasteiger partial charge in [-0.15, -0.1) is 0 Å². The molecule has 3 aromatic rings. The lowest BCUT2D eigenvalue weighted by molar-refractivity contribution is 0.0599. The van der Waals surface area contributed by atoms with Crippen molar-refractivity contribution >= 4 is 17.2 Å². The van der Waals surface area contributed by atoms with E-state index in [2.05, 4.69) is 20.4 Å². The van der Waals surface area contributed by atoms with Crippen molar-refractivity contribution in [1.29, 1.82) is 0 Å². The summed E-state index contributed by atoms with van der Waals surface area (Å²) < 4.78 is 2.08. The number of nitrogens with zero attached hydrogens (tertiary/aromatic N) is 6. The van der Waals surface area contributed by atoms with Crippen LogP contribution in [0.4, 0.5) is 5.82 Å². The largest absolute Gasteiger partial charge is 0.361 e. The molecule has 7 nitrogen and oxygen atoms in total. The van der Waals surface area contributed by atoms with Gasteiger partial charge in [0.1, 0.15) is 5.69 Å². The van der Waals surface area contributed by atoms with E-state index in [-0.39, 0.29) is 11.9 Å². The van der Waals surface area contributed by atoms with E-state index in [1.165, 1.54) is 0 Å². The van der Waals surface area contributed by atoms with Gasteiger partial charge in [-0.1, -0.05) is 0 Å². The van der Waals surface area contributed by atoms with Crippen molar-refractivity contribution in [2.45, 2.75) is 32.2 Å². The van der Waals surface area contributed by atoms with Crippen LogP contribution in [0.2, 0.25) is 0 Å². The van der Waals surface area contributed by atoms with Crippen molar-refractivity contribution < 1.29 is 4.79 Å². The Morgan fingerprint density at radius 1 is 1.22 bits per heavy atom. The monoisotopic (exact) mass is 364 g/mol. The number of anilines is 1. The van der Waals surface area contributed by atoms with E-state index >= 15 is 0 Å². The van der Waals surface area contributed by atoms with E-state index < -0.39 is 0 Å². The summed E-state index contributed by atoms with van der Waals surface area (Å²) >= 11 is 0. The van der Waals surface area contributed by atoms with Crippen LogP contribution in [0, 0.1) is 6.92 Å². The Morgan fingerprint density at radius 3 is 2.81 bits per heavy atom. The predicted molar refractivity (Wildman–Crippen MR) is 104 cm³/mol. The van der Waals surface area contributed by atoms with Gasteiger partial charge in [-0.05, 0) is 38.3 Å². The van der Waals surface area contributed by atoms with E-state index in [1.807, 2.05) is 49.3 Å². The molecule has 0 aromatic carbocycles. The van der Waals surface area contributed by atoms with Crippen molar-refractivity contribution in [1.82, 2.24) is 24.3 Å². The molecule has 27 heavy (non-hydrogen) atoms. The summed E-state index contributed by atoms with van der Waals surface area (Å²) in [6, 6.07) is 4.01. The maximum Gasteiger partial charge on any atom is 0.274 e. The minimum absolute atomic E-state index is 0.0557. The van der Waals surface area contributed by atoms with E-state index in [0.29, 0.717) is 12.2 Å². The fraction of sp³-hybridized carbons (Fsp3) is 0.400. The molecule has 1 atom stereocenters. The third kappa shape index (κ3) is 3.25. The minimum atomic E-state index is -0.0759. The molecule has 0 saturated carbocycles. The number of carbonyl (C=O) groups excluding carboxylic acids is 1. The number of aryl methyl sites for hydroxylation is 1. The second-order valence-electron chi connectivity index (χ2n) is 7.24. The Balaban J connectivity index is 1.73. The van der Waals surface area contributed by atoms with Crippen LogP contribution in [0.15, 0.2) is 36.9 Å². The number of aromatic nitrogens is 4. The first-order chi connectivity index (χ1) is 13.0. The number of likely N-dealkylation sites (tertiary alicyclic amines) is 1. The molecule has 1 unspecified atom stereocenters. The Bertz CT molecular complexity index is 962. The van der Waals surface area contributed by atoms with Gasteiger partial charge in [0.2, 0.25) is 0 Å². The van der Waals surface area contributed by atoms with Crippen LogP contribution in [0.3, 0.4) is 0 Å². The Morgan fingerprint density at radius 2 is 2.07 bits per heavy atom. The van der Waals surface area contributed by atoms with Gasteiger partial charge in [0.05, 0.1) is 29.1 Å². The highest BCUT2D eigenvalue weighted by Gasteiger charge is 2.31. The lowest BCUT2D eigenvalue weighted by Gasteiger charge is -2.35. The van der Waals surface area contributed by atoms with Crippen LogP contribution in [-0.4, -0.2) is 50.8 Å². The number of rotatable bonds is 3. The Labute approximate surface area is 158 Å². The summed E-state index contributed by atoms with van der Waals surface area (Å²) in [4.78, 5) is 30.4. The van der Waals surface area contributed by atoms with Gasteiger partial charge in [-0.2, -0.15) is 0 Å².